The van der Waals surface area contributed by atoms with Gasteiger partial charge in [0.05, 0.1) is 11.2 Å². The predicted molar refractivity (Wildman–Crippen MR) is 93.2 cm³/mol. The number of benzene rings is 1. The van der Waals surface area contributed by atoms with Crippen LogP contribution >= 0.6 is 11.3 Å². The van der Waals surface area contributed by atoms with E-state index >= 15 is 0 Å². The van der Waals surface area contributed by atoms with Gasteiger partial charge in [0.15, 0.2) is 11.5 Å². The predicted octanol–water partition coefficient (Wildman–Crippen LogP) is 2.29. The van der Waals surface area contributed by atoms with Crippen molar-refractivity contribution < 1.29 is 19.1 Å². The number of ether oxygens (including phenoxy) is 2. The van der Waals surface area contributed by atoms with Gasteiger partial charge in [-0.05, 0) is 18.2 Å². The molecule has 0 atom stereocenters. The first-order valence-electron chi connectivity index (χ1n) is 7.81. The van der Waals surface area contributed by atoms with Crippen molar-refractivity contribution in [1.82, 2.24) is 15.8 Å². The van der Waals surface area contributed by atoms with Crippen molar-refractivity contribution in [3.8, 4) is 11.5 Å². The zero-order valence-electron chi connectivity index (χ0n) is 14.2. The fourth-order valence-electron chi connectivity index (χ4n) is 2.16. The van der Waals surface area contributed by atoms with Gasteiger partial charge < -0.3 is 9.47 Å². The molecule has 0 radical (unpaired) electrons. The fourth-order valence-corrected chi connectivity index (χ4v) is 3.03. The maximum atomic E-state index is 12.2. The van der Waals surface area contributed by atoms with Gasteiger partial charge in [0.2, 0.25) is 0 Å². The monoisotopic (exact) mass is 361 g/mol. The van der Waals surface area contributed by atoms with Gasteiger partial charge in [-0.25, -0.2) is 4.98 Å². The van der Waals surface area contributed by atoms with Crippen molar-refractivity contribution in [1.29, 1.82) is 0 Å². The van der Waals surface area contributed by atoms with Crippen LogP contribution < -0.4 is 20.3 Å². The first-order chi connectivity index (χ1) is 11.8. The van der Waals surface area contributed by atoms with E-state index in [2.05, 4.69) is 15.8 Å². The molecule has 0 aliphatic carbocycles. The first kappa shape index (κ1) is 17.2. The number of thiazole rings is 1. The van der Waals surface area contributed by atoms with Gasteiger partial charge in [0.1, 0.15) is 18.1 Å². The van der Waals surface area contributed by atoms with Gasteiger partial charge in [-0.1, -0.05) is 20.8 Å². The molecule has 7 nitrogen and oxygen atoms in total. The molecule has 1 aromatic heterocycles. The van der Waals surface area contributed by atoms with Gasteiger partial charge in [0, 0.05) is 11.0 Å². The number of hydrogen-bond donors (Lipinski definition) is 2. The molecule has 2 amide bonds. The minimum atomic E-state index is -0.439. The second-order valence-corrected chi connectivity index (χ2v) is 7.58. The molecule has 8 heteroatoms. The number of aromatic nitrogens is 1. The number of nitrogens with zero attached hydrogens (tertiary/aromatic N) is 1. The molecule has 0 unspecified atom stereocenters. The lowest BCUT2D eigenvalue weighted by molar-refractivity contribution is 0.0848. The lowest BCUT2D eigenvalue weighted by Gasteiger charge is -2.18. The van der Waals surface area contributed by atoms with Crippen molar-refractivity contribution >= 4 is 23.2 Å². The van der Waals surface area contributed by atoms with E-state index in [0.29, 0.717) is 35.2 Å². The zero-order valence-corrected chi connectivity index (χ0v) is 15.0. The summed E-state index contributed by atoms with van der Waals surface area (Å²) in [6, 6.07) is 4.86. The highest BCUT2D eigenvalue weighted by molar-refractivity contribution is 7.13. The second-order valence-electron chi connectivity index (χ2n) is 6.55. The summed E-state index contributed by atoms with van der Waals surface area (Å²) < 4.78 is 10.9. The van der Waals surface area contributed by atoms with Gasteiger partial charge in [0.25, 0.3) is 11.8 Å². The zero-order chi connectivity index (χ0) is 18.0. The Morgan fingerprint density at radius 3 is 2.44 bits per heavy atom. The van der Waals surface area contributed by atoms with Crippen molar-refractivity contribution in [3.63, 3.8) is 0 Å². The highest BCUT2D eigenvalue weighted by Gasteiger charge is 2.21. The van der Waals surface area contributed by atoms with E-state index < -0.39 is 11.8 Å². The maximum Gasteiger partial charge on any atom is 0.281 e. The van der Waals surface area contributed by atoms with Crippen LogP contribution in [0.2, 0.25) is 0 Å². The van der Waals surface area contributed by atoms with Gasteiger partial charge in [-0.15, -0.1) is 11.3 Å². The molecule has 2 N–H and O–H groups in total. The highest BCUT2D eigenvalue weighted by Crippen LogP contribution is 2.30. The summed E-state index contributed by atoms with van der Waals surface area (Å²) in [5, 5.41) is 0.857. The summed E-state index contributed by atoms with van der Waals surface area (Å²) in [5.41, 5.74) is 5.04. The van der Waals surface area contributed by atoms with Crippen LogP contribution in [0.5, 0.6) is 11.5 Å². The van der Waals surface area contributed by atoms with E-state index in [-0.39, 0.29) is 5.41 Å². The summed E-state index contributed by atoms with van der Waals surface area (Å²) in [5.74, 6) is 0.276. The van der Waals surface area contributed by atoms with E-state index in [0.717, 1.165) is 5.01 Å². The number of rotatable bonds is 2. The van der Waals surface area contributed by atoms with Crippen molar-refractivity contribution in [2.24, 2.45) is 0 Å². The Kier molecular flexibility index (Phi) is 4.63. The summed E-state index contributed by atoms with van der Waals surface area (Å²) >= 11 is 1.30. The molecule has 2 heterocycles. The molecule has 2 aromatic rings. The van der Waals surface area contributed by atoms with Crippen molar-refractivity contribution in [2.75, 3.05) is 13.2 Å². The number of nitrogens with one attached hydrogen (secondary N) is 2. The topological polar surface area (TPSA) is 89.6 Å². The number of hydrazine groups is 1. The number of carbonyl (C=O) groups is 2. The van der Waals surface area contributed by atoms with Gasteiger partial charge >= 0.3 is 0 Å². The summed E-state index contributed by atoms with van der Waals surface area (Å²) in [6.45, 7) is 7.00. The Bertz CT molecular complexity index is 810. The number of carbonyl (C=O) groups excluding carboxylic acids is 2. The number of amides is 2. The Morgan fingerprint density at radius 1 is 1.08 bits per heavy atom. The molecule has 0 saturated heterocycles. The Labute approximate surface area is 149 Å². The fraction of sp³-hybridized carbons (Fsp3) is 0.353. The summed E-state index contributed by atoms with van der Waals surface area (Å²) in [4.78, 5) is 29.0. The maximum absolute atomic E-state index is 12.2. The Morgan fingerprint density at radius 2 is 1.76 bits per heavy atom. The largest absolute Gasteiger partial charge is 0.486 e. The molecule has 0 bridgehead atoms. The van der Waals surface area contributed by atoms with Crippen LogP contribution in [-0.4, -0.2) is 30.0 Å². The molecule has 0 fully saturated rings. The van der Waals surface area contributed by atoms with E-state index in [1.165, 1.54) is 17.5 Å². The van der Waals surface area contributed by atoms with Gasteiger partial charge in [-0.2, -0.15) is 0 Å². The van der Waals surface area contributed by atoms with Crippen LogP contribution in [0.4, 0.5) is 0 Å². The van der Waals surface area contributed by atoms with E-state index in [1.54, 1.807) is 18.2 Å². The molecular formula is C17H19N3O4S. The molecule has 0 saturated carbocycles. The third kappa shape index (κ3) is 3.90. The standard InChI is InChI=1S/C17H19N3O4S/c1-17(2,3)16-18-9-13(25-16)15(22)20-19-14(21)10-4-5-11-12(8-10)24-7-6-23-11/h4-5,8-9H,6-7H2,1-3H3,(H,19,21)(H,20,22). The minimum Gasteiger partial charge on any atom is -0.486 e. The third-order valence-electron chi connectivity index (χ3n) is 3.47. The van der Waals surface area contributed by atoms with Gasteiger partial charge in [-0.3, -0.25) is 20.4 Å². The van der Waals surface area contributed by atoms with E-state index in [9.17, 15) is 9.59 Å². The van der Waals surface area contributed by atoms with E-state index in [1.807, 2.05) is 20.8 Å². The average Bonchev–Trinajstić information content (AvgIpc) is 3.09. The number of fused-ring (bicyclic) bond motifs is 1. The Hall–Kier alpha value is -2.61. The van der Waals surface area contributed by atoms with Crippen LogP contribution in [0.15, 0.2) is 24.4 Å². The molecule has 1 aliphatic heterocycles. The molecule has 1 aromatic carbocycles. The Balaban J connectivity index is 1.62. The average molecular weight is 361 g/mol. The van der Waals surface area contributed by atoms with Crippen molar-refractivity contribution in [3.05, 3.63) is 39.8 Å². The van der Waals surface area contributed by atoms with Crippen LogP contribution in [0.25, 0.3) is 0 Å². The normalized spacial score (nSPS) is 13.2. The second kappa shape index (κ2) is 6.72. The smallest absolute Gasteiger partial charge is 0.281 e. The quantitative estimate of drug-likeness (QED) is 0.801. The lowest BCUT2D eigenvalue weighted by atomic mass is 9.98. The lowest BCUT2D eigenvalue weighted by Crippen LogP contribution is -2.41. The van der Waals surface area contributed by atoms with Crippen molar-refractivity contribution in [2.45, 2.75) is 26.2 Å². The summed E-state index contributed by atoms with van der Waals surface area (Å²) in [6.07, 6.45) is 1.51. The SMILES string of the molecule is CC(C)(C)c1ncc(C(=O)NNC(=O)c2ccc3c(c2)OCCO3)s1. The van der Waals surface area contributed by atoms with Crippen LogP contribution in [-0.2, 0) is 5.41 Å². The third-order valence-corrected chi connectivity index (χ3v) is 4.89. The number of hydrogen-bond acceptors (Lipinski definition) is 6. The van der Waals surface area contributed by atoms with E-state index in [4.69, 9.17) is 9.47 Å². The van der Waals surface area contributed by atoms with Crippen LogP contribution in [0.3, 0.4) is 0 Å². The highest BCUT2D eigenvalue weighted by atomic mass is 32.1. The molecule has 1 aliphatic rings. The summed E-state index contributed by atoms with van der Waals surface area (Å²) in [7, 11) is 0. The molecular weight excluding hydrogens is 342 g/mol. The molecule has 132 valence electrons. The van der Waals surface area contributed by atoms with Crippen LogP contribution in [0, 0.1) is 0 Å². The molecule has 25 heavy (non-hydrogen) atoms. The molecule has 3 rings (SSSR count). The molecule has 0 spiro atoms. The minimum absolute atomic E-state index is 0.127. The first-order valence-corrected chi connectivity index (χ1v) is 8.63. The van der Waals surface area contributed by atoms with Crippen LogP contribution in [0.1, 0.15) is 45.8 Å².